The number of carbonyl (C=O) groups is 1. The third kappa shape index (κ3) is 5.36. The van der Waals surface area contributed by atoms with Gasteiger partial charge >= 0.3 is 12.2 Å². The molecule has 250 valence electrons. The van der Waals surface area contributed by atoms with E-state index in [-0.39, 0.29) is 31.5 Å². The largest absolute Gasteiger partial charge is 0.508 e. The Labute approximate surface area is 272 Å². The zero-order valence-corrected chi connectivity index (χ0v) is 27.0. The maximum absolute atomic E-state index is 17.2. The molecule has 3 atom stereocenters. The number of halogens is 2. The molecule has 2 N–H and O–H groups in total. The summed E-state index contributed by atoms with van der Waals surface area (Å²) in [6, 6.07) is 2.06. The molecule has 0 saturated carbocycles. The highest BCUT2D eigenvalue weighted by Crippen LogP contribution is 2.43. The Morgan fingerprint density at radius 1 is 1.15 bits per heavy atom. The summed E-state index contributed by atoms with van der Waals surface area (Å²) in [7, 11) is 0. The van der Waals surface area contributed by atoms with Crippen LogP contribution in [0.1, 0.15) is 79.8 Å². The highest BCUT2D eigenvalue weighted by atomic mass is 19.1. The standard InChI is InChI=1S/C34H41F2N7O4/c1-20-13-25-23(16-38-41-25)26-22(20)7-5-12-45-32(44)47-33(2)8-3-4-10-42(18-33)30-24-15-37-29(26)27(36)28(24)39-31(40-30)46-19-34-9-6-11-43(34)17-21(35)14-34/h13,16,21,37H,3-12,14-15,17-19H2,1-2H3,(H,38,41)/t21-,33-,34+/m1/s1. The van der Waals surface area contributed by atoms with Gasteiger partial charge in [0, 0.05) is 42.6 Å². The van der Waals surface area contributed by atoms with E-state index in [9.17, 15) is 9.18 Å². The van der Waals surface area contributed by atoms with Gasteiger partial charge in [-0.25, -0.2) is 13.6 Å². The van der Waals surface area contributed by atoms with Crippen molar-refractivity contribution in [2.45, 2.75) is 89.1 Å². The summed E-state index contributed by atoms with van der Waals surface area (Å²) in [6.07, 6.45) is 5.74. The van der Waals surface area contributed by atoms with Gasteiger partial charge in [-0.2, -0.15) is 15.1 Å². The van der Waals surface area contributed by atoms with Crippen LogP contribution < -0.4 is 15.0 Å². The molecule has 9 rings (SSSR count). The third-order valence-electron chi connectivity index (χ3n) is 10.7. The molecular formula is C34H41F2N7O4. The second kappa shape index (κ2) is 11.6. The zero-order valence-electron chi connectivity index (χ0n) is 27.0. The van der Waals surface area contributed by atoms with Crippen LogP contribution in [0.2, 0.25) is 0 Å². The molecule has 47 heavy (non-hydrogen) atoms. The molecule has 11 nitrogen and oxygen atoms in total. The normalized spacial score (nSPS) is 28.0. The number of aryl methyl sites for hydroxylation is 1. The number of benzene rings is 1. The van der Waals surface area contributed by atoms with Crippen molar-refractivity contribution < 1.29 is 27.8 Å². The monoisotopic (exact) mass is 649 g/mol. The van der Waals surface area contributed by atoms with E-state index in [1.807, 2.05) is 19.9 Å². The number of carbonyl (C=O) groups excluding carboxylic acids is 1. The quantitative estimate of drug-likeness (QED) is 0.359. The van der Waals surface area contributed by atoms with Crippen molar-refractivity contribution in [3.63, 3.8) is 0 Å². The Morgan fingerprint density at radius 3 is 2.94 bits per heavy atom. The Balaban J connectivity index is 1.28. The van der Waals surface area contributed by atoms with Gasteiger partial charge in [0.15, 0.2) is 5.83 Å². The second-order valence-electron chi connectivity index (χ2n) is 14.1. The van der Waals surface area contributed by atoms with Gasteiger partial charge in [0.25, 0.3) is 0 Å². The van der Waals surface area contributed by atoms with E-state index < -0.39 is 29.3 Å². The Kier molecular flexibility index (Phi) is 7.49. The number of fused-ring (bicyclic) bond motifs is 8. The van der Waals surface area contributed by atoms with Gasteiger partial charge in [-0.15, -0.1) is 0 Å². The van der Waals surface area contributed by atoms with Crippen LogP contribution in [0.5, 0.6) is 6.01 Å². The highest BCUT2D eigenvalue weighted by Gasteiger charge is 2.49. The average Bonchev–Trinajstić information content (AvgIpc) is 3.69. The molecule has 0 amide bonds. The van der Waals surface area contributed by atoms with Gasteiger partial charge in [0.1, 0.15) is 29.9 Å². The van der Waals surface area contributed by atoms with Crippen molar-refractivity contribution >= 4 is 34.4 Å². The summed E-state index contributed by atoms with van der Waals surface area (Å²) in [6.45, 7) is 6.81. The minimum atomic E-state index is -0.899. The SMILES string of the molecule is Cc1cc2[nH]ncc2c2c1CCCOC(=O)O[C@]1(C)CCCCN(C1)c1nc(OC[C@@]34CCCN3C[C@H](F)C4)nc3c1CNC2=C3F. The van der Waals surface area contributed by atoms with Crippen molar-refractivity contribution in [3.05, 3.63) is 40.2 Å². The Hall–Kier alpha value is -4.00. The second-order valence-corrected chi connectivity index (χ2v) is 14.1. The summed E-state index contributed by atoms with van der Waals surface area (Å²) in [5, 5.41) is 11.5. The van der Waals surface area contributed by atoms with E-state index in [1.54, 1.807) is 6.20 Å². The van der Waals surface area contributed by atoms with Gasteiger partial charge in [-0.05, 0) is 82.5 Å². The van der Waals surface area contributed by atoms with Crippen LogP contribution in [0.25, 0.3) is 22.4 Å². The first-order valence-corrected chi connectivity index (χ1v) is 16.9. The van der Waals surface area contributed by atoms with Crippen LogP contribution in [-0.4, -0.2) is 87.9 Å². The first-order valence-electron chi connectivity index (χ1n) is 16.9. The number of alkyl halides is 1. The lowest BCUT2D eigenvalue weighted by molar-refractivity contribution is -0.0250. The van der Waals surface area contributed by atoms with Crippen LogP contribution in [0.4, 0.5) is 19.4 Å². The number of aromatic nitrogens is 4. The minimum absolute atomic E-state index is 0.0593. The van der Waals surface area contributed by atoms with E-state index in [4.69, 9.17) is 24.2 Å². The van der Waals surface area contributed by atoms with Gasteiger partial charge < -0.3 is 24.4 Å². The van der Waals surface area contributed by atoms with Crippen molar-refractivity contribution in [2.24, 2.45) is 0 Å². The van der Waals surface area contributed by atoms with Crippen molar-refractivity contribution in [1.29, 1.82) is 0 Å². The number of hydrogen-bond acceptors (Lipinski definition) is 10. The topological polar surface area (TPSA) is 118 Å². The zero-order chi connectivity index (χ0) is 32.3. The van der Waals surface area contributed by atoms with E-state index in [2.05, 4.69) is 25.3 Å². The maximum atomic E-state index is 17.2. The summed E-state index contributed by atoms with van der Waals surface area (Å²) in [5.74, 6) is 0.0455. The van der Waals surface area contributed by atoms with Crippen LogP contribution in [0.3, 0.4) is 0 Å². The highest BCUT2D eigenvalue weighted by molar-refractivity contribution is 6.00. The fourth-order valence-corrected chi connectivity index (χ4v) is 8.48. The first kappa shape index (κ1) is 30.3. The van der Waals surface area contributed by atoms with Gasteiger partial charge in [0.2, 0.25) is 0 Å². The minimum Gasteiger partial charge on any atom is -0.461 e. The predicted octanol–water partition coefficient (Wildman–Crippen LogP) is 5.36. The summed E-state index contributed by atoms with van der Waals surface area (Å²) >= 11 is 0. The fraction of sp³-hybridized carbons (Fsp3) is 0.588. The van der Waals surface area contributed by atoms with Crippen molar-refractivity contribution in [3.8, 4) is 6.01 Å². The molecule has 13 heteroatoms. The average molecular weight is 650 g/mol. The molecule has 1 aromatic carbocycles. The first-order chi connectivity index (χ1) is 22.7. The number of nitrogens with one attached hydrogen (secondary N) is 2. The van der Waals surface area contributed by atoms with E-state index in [0.717, 1.165) is 54.3 Å². The van der Waals surface area contributed by atoms with Crippen molar-refractivity contribution in [2.75, 3.05) is 44.3 Å². The van der Waals surface area contributed by atoms with Gasteiger partial charge in [-0.1, -0.05) is 0 Å². The van der Waals surface area contributed by atoms with E-state index >= 15 is 4.39 Å². The molecule has 0 unspecified atom stereocenters. The molecule has 3 aromatic rings. The number of rotatable bonds is 3. The van der Waals surface area contributed by atoms with Crippen LogP contribution in [0.15, 0.2) is 12.3 Å². The molecule has 3 fully saturated rings. The molecular weight excluding hydrogens is 608 g/mol. The number of hydrogen-bond donors (Lipinski definition) is 2. The molecule has 6 bridgehead atoms. The van der Waals surface area contributed by atoms with Crippen LogP contribution in [0, 0.1) is 6.92 Å². The molecule has 3 saturated heterocycles. The molecule has 6 aliphatic rings. The Morgan fingerprint density at radius 2 is 2.04 bits per heavy atom. The number of H-pyrrole nitrogens is 1. The third-order valence-corrected chi connectivity index (χ3v) is 10.7. The molecule has 0 aliphatic carbocycles. The lowest BCUT2D eigenvalue weighted by atomic mass is 9.90. The lowest BCUT2D eigenvalue weighted by Crippen LogP contribution is -2.44. The molecule has 6 aliphatic heterocycles. The van der Waals surface area contributed by atoms with E-state index in [0.29, 0.717) is 68.0 Å². The number of anilines is 1. The smallest absolute Gasteiger partial charge is 0.461 e. The number of nitrogens with zero attached hydrogens (tertiary/aromatic N) is 5. The molecule has 0 radical (unpaired) electrons. The molecule has 2 aromatic heterocycles. The number of aromatic amines is 1. The lowest BCUT2D eigenvalue weighted by Gasteiger charge is -2.35. The summed E-state index contributed by atoms with van der Waals surface area (Å²) in [5.41, 5.74) is 3.27. The van der Waals surface area contributed by atoms with Gasteiger partial charge in [-0.3, -0.25) is 10.00 Å². The number of ether oxygens (including phenoxy) is 3. The fourth-order valence-electron chi connectivity index (χ4n) is 8.48. The summed E-state index contributed by atoms with van der Waals surface area (Å²) in [4.78, 5) is 26.8. The molecule has 0 spiro atoms. The predicted molar refractivity (Wildman–Crippen MR) is 171 cm³/mol. The Bertz CT molecular complexity index is 1760. The van der Waals surface area contributed by atoms with Crippen LogP contribution in [-0.2, 0) is 22.4 Å². The maximum Gasteiger partial charge on any atom is 0.508 e. The summed E-state index contributed by atoms with van der Waals surface area (Å²) < 4.78 is 49.6. The van der Waals surface area contributed by atoms with E-state index in [1.165, 1.54) is 0 Å². The van der Waals surface area contributed by atoms with Crippen LogP contribution >= 0.6 is 0 Å². The molecule has 8 heterocycles. The van der Waals surface area contributed by atoms with Gasteiger partial charge in [0.05, 0.1) is 36.1 Å². The van der Waals surface area contributed by atoms with Crippen molar-refractivity contribution in [1.82, 2.24) is 30.4 Å².